The van der Waals surface area contributed by atoms with Crippen molar-refractivity contribution < 1.29 is 19.1 Å². The molecule has 1 N–H and O–H groups in total. The zero-order chi connectivity index (χ0) is 20.1. The molecule has 0 spiro atoms. The van der Waals surface area contributed by atoms with Crippen LogP contribution in [0, 0.1) is 0 Å². The van der Waals surface area contributed by atoms with Gasteiger partial charge in [-0.2, -0.15) is 5.10 Å². The summed E-state index contributed by atoms with van der Waals surface area (Å²) in [5.41, 5.74) is 0.847. The molecule has 146 valence electrons. The normalized spacial score (nSPS) is 13.0. The van der Waals surface area contributed by atoms with Gasteiger partial charge in [-0.25, -0.2) is 9.78 Å². The van der Waals surface area contributed by atoms with E-state index in [1.807, 2.05) is 36.4 Å². The van der Waals surface area contributed by atoms with Crippen molar-refractivity contribution in [1.29, 1.82) is 0 Å². The van der Waals surface area contributed by atoms with Crippen LogP contribution in [-0.4, -0.2) is 46.9 Å². The number of nitrogens with zero attached hydrogens (tertiary/aromatic N) is 3. The van der Waals surface area contributed by atoms with Gasteiger partial charge in [0.05, 0.1) is 26.7 Å². The Hall–Kier alpha value is -3.42. The number of methoxy groups -OCH3 is 2. The smallest absolute Gasteiger partial charge is 0.330 e. The van der Waals surface area contributed by atoms with Crippen LogP contribution in [0.3, 0.4) is 0 Å². The predicted octanol–water partition coefficient (Wildman–Crippen LogP) is 1.90. The maximum absolute atomic E-state index is 12.8. The number of nitrogens with one attached hydrogen (secondary N) is 1. The van der Waals surface area contributed by atoms with Gasteiger partial charge in [-0.05, 0) is 35.4 Å². The third kappa shape index (κ3) is 4.28. The van der Waals surface area contributed by atoms with Crippen LogP contribution in [0.4, 0.5) is 0 Å². The second-order valence-electron chi connectivity index (χ2n) is 6.40. The Kier molecular flexibility index (Phi) is 5.88. The molecule has 28 heavy (non-hydrogen) atoms. The highest BCUT2D eigenvalue weighted by atomic mass is 16.5. The van der Waals surface area contributed by atoms with E-state index in [2.05, 4.69) is 15.4 Å². The first-order valence-corrected chi connectivity index (χ1v) is 8.80. The summed E-state index contributed by atoms with van der Waals surface area (Å²) in [6.07, 6.45) is 2.84. The number of ether oxygens (including phenoxy) is 2. The Morgan fingerprint density at radius 1 is 1.14 bits per heavy atom. The summed E-state index contributed by atoms with van der Waals surface area (Å²) in [4.78, 5) is 28.7. The van der Waals surface area contributed by atoms with E-state index in [0.717, 1.165) is 22.1 Å². The molecule has 1 heterocycles. The highest BCUT2D eigenvalue weighted by Crippen LogP contribution is 2.25. The van der Waals surface area contributed by atoms with Crippen LogP contribution < -0.4 is 10.1 Å². The number of hydrogen-bond acceptors (Lipinski definition) is 6. The number of aromatic nitrogens is 3. The third-order valence-corrected chi connectivity index (χ3v) is 4.60. The molecular formula is C20H22N4O4. The van der Waals surface area contributed by atoms with Gasteiger partial charge in [-0.15, -0.1) is 0 Å². The second-order valence-corrected chi connectivity index (χ2v) is 6.40. The number of carbonyl (C=O) groups is 2. The molecule has 0 aliphatic heterocycles. The zero-order valence-electron chi connectivity index (χ0n) is 16.0. The lowest BCUT2D eigenvalue weighted by molar-refractivity contribution is -0.145. The van der Waals surface area contributed by atoms with Gasteiger partial charge in [0.25, 0.3) is 0 Å². The van der Waals surface area contributed by atoms with E-state index in [1.54, 1.807) is 14.0 Å². The molecule has 1 amide bonds. The first-order valence-electron chi connectivity index (χ1n) is 8.80. The number of amides is 1. The summed E-state index contributed by atoms with van der Waals surface area (Å²) in [6.45, 7) is 1.94. The van der Waals surface area contributed by atoms with Crippen molar-refractivity contribution in [2.75, 3.05) is 14.2 Å². The van der Waals surface area contributed by atoms with E-state index >= 15 is 0 Å². The molecule has 0 radical (unpaired) electrons. The molecule has 1 aromatic heterocycles. The quantitative estimate of drug-likeness (QED) is 0.627. The van der Waals surface area contributed by atoms with Crippen LogP contribution in [0.25, 0.3) is 10.8 Å². The lowest BCUT2D eigenvalue weighted by atomic mass is 9.96. The summed E-state index contributed by atoms with van der Waals surface area (Å²) in [5, 5.41) is 8.74. The third-order valence-electron chi connectivity index (χ3n) is 4.60. The van der Waals surface area contributed by atoms with Gasteiger partial charge in [0.1, 0.15) is 24.4 Å². The van der Waals surface area contributed by atoms with E-state index in [1.165, 1.54) is 24.4 Å². The molecule has 0 unspecified atom stereocenters. The first kappa shape index (κ1) is 19.3. The highest BCUT2D eigenvalue weighted by molar-refractivity contribution is 5.90. The molecule has 2 atom stereocenters. The molecule has 8 nitrogen and oxygen atoms in total. The number of esters is 1. The molecule has 2 aromatic carbocycles. The van der Waals surface area contributed by atoms with Gasteiger partial charge in [-0.1, -0.05) is 24.3 Å². The highest BCUT2D eigenvalue weighted by Gasteiger charge is 2.25. The minimum Gasteiger partial charge on any atom is -0.497 e. The van der Waals surface area contributed by atoms with E-state index < -0.39 is 17.9 Å². The van der Waals surface area contributed by atoms with Crippen molar-refractivity contribution >= 4 is 22.6 Å². The average Bonchev–Trinajstić information content (AvgIpc) is 3.24. The zero-order valence-corrected chi connectivity index (χ0v) is 16.0. The van der Waals surface area contributed by atoms with Crippen molar-refractivity contribution in [2.45, 2.75) is 25.4 Å². The van der Waals surface area contributed by atoms with Crippen LogP contribution >= 0.6 is 0 Å². The van der Waals surface area contributed by atoms with E-state index in [0.29, 0.717) is 0 Å². The van der Waals surface area contributed by atoms with Gasteiger partial charge < -0.3 is 14.8 Å². The second kappa shape index (κ2) is 8.51. The Morgan fingerprint density at radius 3 is 2.57 bits per heavy atom. The standard InChI is InChI=1S/C20H22N4O4/c1-13(14-4-5-16-9-17(27-2)7-6-15(16)8-14)19(25)23-18(20(26)28-3)10-24-12-21-11-22-24/h4-9,11-13,18H,10H2,1-3H3,(H,23,25)/t13-,18+/m0/s1. The van der Waals surface area contributed by atoms with Crippen molar-refractivity contribution in [3.8, 4) is 5.75 Å². The number of hydrogen-bond donors (Lipinski definition) is 1. The summed E-state index contributed by atoms with van der Waals surface area (Å²) in [7, 11) is 2.91. The molecule has 8 heteroatoms. The molecule has 0 bridgehead atoms. The molecule has 0 aliphatic rings. The van der Waals surface area contributed by atoms with E-state index in [-0.39, 0.29) is 12.5 Å². The van der Waals surface area contributed by atoms with E-state index in [4.69, 9.17) is 9.47 Å². The van der Waals surface area contributed by atoms with Crippen LogP contribution in [0.2, 0.25) is 0 Å². The van der Waals surface area contributed by atoms with Gasteiger partial charge in [-0.3, -0.25) is 9.48 Å². The molecule has 0 aliphatic carbocycles. The van der Waals surface area contributed by atoms with E-state index in [9.17, 15) is 9.59 Å². The maximum atomic E-state index is 12.8. The molecule has 0 fully saturated rings. The van der Waals surface area contributed by atoms with Crippen LogP contribution in [0.5, 0.6) is 5.75 Å². The summed E-state index contributed by atoms with van der Waals surface area (Å²) < 4.78 is 11.5. The minimum atomic E-state index is -0.855. The molecule has 0 saturated heterocycles. The topological polar surface area (TPSA) is 95.3 Å². The average molecular weight is 382 g/mol. The summed E-state index contributed by atoms with van der Waals surface area (Å²) in [5.74, 6) is -0.487. The number of fused-ring (bicyclic) bond motifs is 1. The Morgan fingerprint density at radius 2 is 1.89 bits per heavy atom. The van der Waals surface area contributed by atoms with Gasteiger partial charge in [0, 0.05) is 0 Å². The van der Waals surface area contributed by atoms with Crippen LogP contribution in [-0.2, 0) is 20.9 Å². The van der Waals surface area contributed by atoms with Crippen molar-refractivity contribution in [2.24, 2.45) is 0 Å². The number of rotatable bonds is 7. The number of benzene rings is 2. The predicted molar refractivity (Wildman–Crippen MR) is 103 cm³/mol. The lowest BCUT2D eigenvalue weighted by Crippen LogP contribution is -2.45. The summed E-state index contributed by atoms with van der Waals surface area (Å²) >= 11 is 0. The van der Waals surface area contributed by atoms with Crippen LogP contribution in [0.15, 0.2) is 49.1 Å². The lowest BCUT2D eigenvalue weighted by Gasteiger charge is -2.19. The fourth-order valence-corrected chi connectivity index (χ4v) is 2.92. The Bertz CT molecular complexity index is 972. The minimum absolute atomic E-state index is 0.142. The fraction of sp³-hybridized carbons (Fsp3) is 0.300. The van der Waals surface area contributed by atoms with Crippen molar-refractivity contribution in [3.05, 3.63) is 54.6 Å². The maximum Gasteiger partial charge on any atom is 0.330 e. The molecular weight excluding hydrogens is 360 g/mol. The number of carbonyl (C=O) groups excluding carboxylic acids is 2. The van der Waals surface area contributed by atoms with Gasteiger partial charge >= 0.3 is 5.97 Å². The van der Waals surface area contributed by atoms with Gasteiger partial charge in [0.15, 0.2) is 0 Å². The molecule has 3 rings (SSSR count). The Labute approximate surface area is 162 Å². The summed E-state index contributed by atoms with van der Waals surface area (Å²) in [6, 6.07) is 10.7. The molecule has 3 aromatic rings. The van der Waals surface area contributed by atoms with Gasteiger partial charge in [0.2, 0.25) is 5.91 Å². The Balaban J connectivity index is 1.76. The SMILES string of the molecule is COC(=O)[C@@H](Cn1cncn1)NC(=O)[C@@H](C)c1ccc2cc(OC)ccc2c1. The van der Waals surface area contributed by atoms with Crippen molar-refractivity contribution in [1.82, 2.24) is 20.1 Å². The van der Waals surface area contributed by atoms with Crippen molar-refractivity contribution in [3.63, 3.8) is 0 Å². The largest absolute Gasteiger partial charge is 0.497 e. The first-order chi connectivity index (χ1) is 13.5. The van der Waals surface area contributed by atoms with Crippen LogP contribution in [0.1, 0.15) is 18.4 Å². The monoisotopic (exact) mass is 382 g/mol. The fourth-order valence-electron chi connectivity index (χ4n) is 2.92. The molecule has 0 saturated carbocycles.